The Morgan fingerprint density at radius 2 is 0.879 bits per heavy atom. The number of halogens is 5. The second-order valence-corrected chi connectivity index (χ2v) is 6.18. The standard InChI is InChI=1S/C20H27F5O8/c1-27-4-5-29-8-9-31-12-13-32-11-10-30-7-6-28-3-2-14(26)33-20-18(24)16(22)15(21)17(23)19(20)25/h2-13H2,1H3. The minimum absolute atomic E-state index is 0.0992. The van der Waals surface area contributed by atoms with Gasteiger partial charge in [0, 0.05) is 7.11 Å². The van der Waals surface area contributed by atoms with Gasteiger partial charge in [-0.05, 0) is 0 Å². The molecule has 0 saturated heterocycles. The Morgan fingerprint density at radius 1 is 0.545 bits per heavy atom. The van der Waals surface area contributed by atoms with Crippen molar-refractivity contribution in [3.8, 4) is 5.75 Å². The van der Waals surface area contributed by atoms with Crippen molar-refractivity contribution in [1.82, 2.24) is 0 Å². The summed E-state index contributed by atoms with van der Waals surface area (Å²) in [5, 5.41) is 0. The fraction of sp³-hybridized carbons (Fsp3) is 0.650. The van der Waals surface area contributed by atoms with E-state index in [4.69, 9.17) is 28.4 Å². The average Bonchev–Trinajstić information content (AvgIpc) is 2.81. The van der Waals surface area contributed by atoms with Crippen LogP contribution in [0.1, 0.15) is 6.42 Å². The van der Waals surface area contributed by atoms with Gasteiger partial charge in [0.05, 0.1) is 79.1 Å². The number of esters is 1. The zero-order valence-electron chi connectivity index (χ0n) is 18.1. The van der Waals surface area contributed by atoms with Gasteiger partial charge in [0.15, 0.2) is 0 Å². The van der Waals surface area contributed by atoms with Gasteiger partial charge >= 0.3 is 5.97 Å². The van der Waals surface area contributed by atoms with Gasteiger partial charge in [0.25, 0.3) is 0 Å². The van der Waals surface area contributed by atoms with Crippen LogP contribution in [0.3, 0.4) is 0 Å². The molecule has 0 fully saturated rings. The Bertz CT molecular complexity index is 679. The van der Waals surface area contributed by atoms with Crippen LogP contribution in [0.2, 0.25) is 0 Å². The first kappa shape index (κ1) is 29.1. The van der Waals surface area contributed by atoms with Crippen molar-refractivity contribution in [1.29, 1.82) is 0 Å². The third-order valence-corrected chi connectivity index (χ3v) is 3.76. The molecule has 0 aromatic heterocycles. The molecule has 0 unspecified atom stereocenters. The first-order chi connectivity index (χ1) is 15.9. The van der Waals surface area contributed by atoms with E-state index < -0.39 is 47.2 Å². The Labute approximate surface area is 187 Å². The van der Waals surface area contributed by atoms with E-state index in [9.17, 15) is 26.7 Å². The normalized spacial score (nSPS) is 11.2. The van der Waals surface area contributed by atoms with Crippen molar-refractivity contribution in [2.75, 3.05) is 79.8 Å². The maximum atomic E-state index is 13.4. The number of hydrogen-bond donors (Lipinski definition) is 0. The number of hydrogen-bond acceptors (Lipinski definition) is 8. The molecule has 0 N–H and O–H groups in total. The predicted molar refractivity (Wildman–Crippen MR) is 102 cm³/mol. The van der Waals surface area contributed by atoms with Crippen molar-refractivity contribution >= 4 is 5.97 Å². The summed E-state index contributed by atoms with van der Waals surface area (Å²) in [5.41, 5.74) is 0. The van der Waals surface area contributed by atoms with Gasteiger partial charge in [-0.1, -0.05) is 0 Å². The molecular weight excluding hydrogens is 463 g/mol. The van der Waals surface area contributed by atoms with E-state index in [0.29, 0.717) is 52.9 Å². The smallest absolute Gasteiger partial charge is 0.313 e. The highest BCUT2D eigenvalue weighted by Crippen LogP contribution is 2.29. The fourth-order valence-electron chi connectivity index (χ4n) is 2.12. The van der Waals surface area contributed by atoms with Crippen molar-refractivity contribution in [2.24, 2.45) is 0 Å². The molecule has 0 spiro atoms. The number of carbonyl (C=O) groups is 1. The Hall–Kier alpha value is -1.90. The largest absolute Gasteiger partial charge is 0.420 e. The van der Waals surface area contributed by atoms with E-state index in [1.807, 2.05) is 0 Å². The van der Waals surface area contributed by atoms with Crippen LogP contribution < -0.4 is 4.74 Å². The molecule has 0 aliphatic heterocycles. The molecule has 8 nitrogen and oxygen atoms in total. The maximum Gasteiger partial charge on any atom is 0.313 e. The first-order valence-electron chi connectivity index (χ1n) is 9.99. The molecule has 1 rings (SSSR count). The highest BCUT2D eigenvalue weighted by Gasteiger charge is 2.28. The molecule has 0 aliphatic carbocycles. The van der Waals surface area contributed by atoms with Gasteiger partial charge < -0.3 is 33.2 Å². The minimum atomic E-state index is -2.34. The van der Waals surface area contributed by atoms with Crippen LogP contribution in [-0.4, -0.2) is 85.8 Å². The molecule has 13 heteroatoms. The molecule has 0 heterocycles. The van der Waals surface area contributed by atoms with Gasteiger partial charge in [-0.25, -0.2) is 13.2 Å². The SMILES string of the molecule is COCCOCCOCCOCCOCCOCCC(=O)Oc1c(F)c(F)c(F)c(F)c1F. The predicted octanol–water partition coefficient (Wildman–Crippen LogP) is 2.41. The van der Waals surface area contributed by atoms with Crippen LogP contribution in [0.5, 0.6) is 5.75 Å². The van der Waals surface area contributed by atoms with Gasteiger partial charge in [-0.15, -0.1) is 0 Å². The Balaban J connectivity index is 1.99. The van der Waals surface area contributed by atoms with E-state index in [-0.39, 0.29) is 19.8 Å². The van der Waals surface area contributed by atoms with Crippen molar-refractivity contribution in [3.63, 3.8) is 0 Å². The molecular formula is C20H27F5O8. The van der Waals surface area contributed by atoms with Gasteiger partial charge in [0.2, 0.25) is 34.8 Å². The third-order valence-electron chi connectivity index (χ3n) is 3.76. The number of methoxy groups -OCH3 is 1. The van der Waals surface area contributed by atoms with Gasteiger partial charge in [-0.2, -0.15) is 8.78 Å². The quantitative estimate of drug-likeness (QED) is 0.0731. The van der Waals surface area contributed by atoms with Crippen molar-refractivity contribution in [3.05, 3.63) is 29.1 Å². The number of benzene rings is 1. The highest BCUT2D eigenvalue weighted by molar-refractivity contribution is 5.72. The lowest BCUT2D eigenvalue weighted by molar-refractivity contribution is -0.136. The van der Waals surface area contributed by atoms with E-state index in [1.54, 1.807) is 7.11 Å². The zero-order chi connectivity index (χ0) is 24.5. The molecule has 0 aliphatic rings. The summed E-state index contributed by atoms with van der Waals surface area (Å²) in [6.07, 6.45) is -0.472. The molecule has 0 bridgehead atoms. The Morgan fingerprint density at radius 3 is 1.27 bits per heavy atom. The molecule has 0 saturated carbocycles. The van der Waals surface area contributed by atoms with Crippen LogP contribution >= 0.6 is 0 Å². The molecule has 190 valence electrons. The average molecular weight is 490 g/mol. The zero-order valence-corrected chi connectivity index (χ0v) is 18.1. The summed E-state index contributed by atoms with van der Waals surface area (Å²) >= 11 is 0. The van der Waals surface area contributed by atoms with Crippen LogP contribution in [0.25, 0.3) is 0 Å². The Kier molecular flexibility index (Phi) is 15.5. The highest BCUT2D eigenvalue weighted by atomic mass is 19.2. The monoisotopic (exact) mass is 490 g/mol. The minimum Gasteiger partial charge on any atom is -0.420 e. The second kappa shape index (κ2) is 17.6. The lowest BCUT2D eigenvalue weighted by Gasteiger charge is -2.09. The van der Waals surface area contributed by atoms with Crippen molar-refractivity contribution in [2.45, 2.75) is 6.42 Å². The number of ether oxygens (including phenoxy) is 7. The third kappa shape index (κ3) is 11.7. The summed E-state index contributed by atoms with van der Waals surface area (Å²) in [6, 6.07) is 0. The molecule has 1 aromatic rings. The van der Waals surface area contributed by atoms with Gasteiger partial charge in [0.1, 0.15) is 0 Å². The maximum absolute atomic E-state index is 13.4. The van der Waals surface area contributed by atoms with Crippen LogP contribution in [-0.2, 0) is 33.2 Å². The number of rotatable bonds is 19. The molecule has 0 amide bonds. The molecule has 33 heavy (non-hydrogen) atoms. The summed E-state index contributed by atoms with van der Waals surface area (Å²) < 4.78 is 101. The lowest BCUT2D eigenvalue weighted by Crippen LogP contribution is -2.16. The summed E-state index contributed by atoms with van der Waals surface area (Å²) in [7, 11) is 1.59. The molecule has 1 aromatic carbocycles. The van der Waals surface area contributed by atoms with Crippen molar-refractivity contribution < 1.29 is 59.9 Å². The van der Waals surface area contributed by atoms with E-state index in [1.165, 1.54) is 0 Å². The number of carbonyl (C=O) groups excluding carboxylic acids is 1. The van der Waals surface area contributed by atoms with Crippen LogP contribution in [0.4, 0.5) is 22.0 Å². The van der Waals surface area contributed by atoms with E-state index >= 15 is 0 Å². The van der Waals surface area contributed by atoms with E-state index in [2.05, 4.69) is 4.74 Å². The lowest BCUT2D eigenvalue weighted by atomic mass is 10.2. The molecule has 0 radical (unpaired) electrons. The molecule has 0 atom stereocenters. The van der Waals surface area contributed by atoms with Gasteiger partial charge in [-0.3, -0.25) is 4.79 Å². The second-order valence-electron chi connectivity index (χ2n) is 6.18. The summed E-state index contributed by atoms with van der Waals surface area (Å²) in [4.78, 5) is 11.5. The summed E-state index contributed by atoms with van der Waals surface area (Å²) in [6.45, 7) is 3.49. The van der Waals surface area contributed by atoms with Crippen LogP contribution in [0, 0.1) is 29.1 Å². The topological polar surface area (TPSA) is 81.7 Å². The fourth-order valence-corrected chi connectivity index (χ4v) is 2.12. The first-order valence-corrected chi connectivity index (χ1v) is 9.99. The van der Waals surface area contributed by atoms with E-state index in [0.717, 1.165) is 0 Å². The van der Waals surface area contributed by atoms with Crippen LogP contribution in [0.15, 0.2) is 0 Å². The summed E-state index contributed by atoms with van der Waals surface area (Å²) in [5.74, 6) is -14.1.